The second-order valence-electron chi connectivity index (χ2n) is 9.06. The van der Waals surface area contributed by atoms with Crippen molar-refractivity contribution in [1.82, 2.24) is 19.4 Å². The summed E-state index contributed by atoms with van der Waals surface area (Å²) in [7, 11) is 1.71. The summed E-state index contributed by atoms with van der Waals surface area (Å²) in [6.07, 6.45) is 3.35. The molecular weight excluding hydrogens is 488 g/mol. The lowest BCUT2D eigenvalue weighted by Gasteiger charge is -2.29. The lowest BCUT2D eigenvalue weighted by Crippen LogP contribution is -2.34. The molecule has 0 saturated carbocycles. The van der Waals surface area contributed by atoms with Crippen molar-refractivity contribution in [1.29, 1.82) is 0 Å². The summed E-state index contributed by atoms with van der Waals surface area (Å²) >= 11 is 1.38. The summed E-state index contributed by atoms with van der Waals surface area (Å²) in [5.74, 6) is 2.71. The van der Waals surface area contributed by atoms with Gasteiger partial charge in [-0.1, -0.05) is 6.07 Å². The highest BCUT2D eigenvalue weighted by Crippen LogP contribution is 2.46. The van der Waals surface area contributed by atoms with Crippen LogP contribution in [0.4, 0.5) is 0 Å². The quantitative estimate of drug-likeness (QED) is 0.395. The second-order valence-corrected chi connectivity index (χ2v) is 10.1. The average molecular weight is 515 g/mol. The molecule has 4 aromatic rings. The molecule has 0 unspecified atom stereocenters. The van der Waals surface area contributed by atoms with Gasteiger partial charge in [0, 0.05) is 43.2 Å². The Hall–Kier alpha value is -2.88. The number of hydrogen-bond donors (Lipinski definition) is 1. The first-order valence-corrected chi connectivity index (χ1v) is 12.5. The molecule has 0 spiro atoms. The van der Waals surface area contributed by atoms with Crippen LogP contribution >= 0.6 is 23.7 Å². The fourth-order valence-electron chi connectivity index (χ4n) is 5.42. The number of thiophene rings is 1. The minimum Gasteiger partial charge on any atom is -0.496 e. The van der Waals surface area contributed by atoms with Crippen molar-refractivity contribution < 1.29 is 9.47 Å². The minimum absolute atomic E-state index is 0. The third kappa shape index (κ3) is 4.11. The number of pyridine rings is 1. The Bertz CT molecular complexity index is 1480. The number of aromatic nitrogens is 3. The SMILES string of the molecule is COc1cccc2c1[C@H]1CN(CCCCn3c(=O)[nH]c4c(sc5cccnc54)c3=O)C[C@H]1CO2.Cl. The van der Waals surface area contributed by atoms with Crippen LogP contribution in [-0.2, 0) is 6.54 Å². The van der Waals surface area contributed by atoms with Crippen LogP contribution in [0.5, 0.6) is 11.5 Å². The van der Waals surface area contributed by atoms with E-state index in [0.717, 1.165) is 55.3 Å². The molecule has 5 heterocycles. The first kappa shape index (κ1) is 23.8. The first-order chi connectivity index (χ1) is 16.6. The molecule has 0 aliphatic carbocycles. The fraction of sp³-hybridized carbons (Fsp3) is 0.400. The van der Waals surface area contributed by atoms with Gasteiger partial charge in [-0.3, -0.25) is 14.3 Å². The van der Waals surface area contributed by atoms with Crippen molar-refractivity contribution >= 4 is 44.2 Å². The summed E-state index contributed by atoms with van der Waals surface area (Å²) in [5.41, 5.74) is 1.82. The Morgan fingerprint density at radius 2 is 2.03 bits per heavy atom. The summed E-state index contributed by atoms with van der Waals surface area (Å²) in [6.45, 7) is 4.04. The molecule has 10 heteroatoms. The predicted molar refractivity (Wildman–Crippen MR) is 140 cm³/mol. The molecule has 1 saturated heterocycles. The number of likely N-dealkylation sites (tertiary alicyclic amines) is 1. The molecule has 1 N–H and O–H groups in total. The number of hydrogen-bond acceptors (Lipinski definition) is 7. The van der Waals surface area contributed by atoms with Crippen LogP contribution in [0.2, 0.25) is 0 Å². The van der Waals surface area contributed by atoms with Crippen molar-refractivity contribution in [3.8, 4) is 11.5 Å². The lowest BCUT2D eigenvalue weighted by atomic mass is 9.86. The lowest BCUT2D eigenvalue weighted by molar-refractivity contribution is 0.209. The van der Waals surface area contributed by atoms with Gasteiger partial charge in [0.25, 0.3) is 5.56 Å². The fourth-order valence-corrected chi connectivity index (χ4v) is 6.49. The van der Waals surface area contributed by atoms with Crippen molar-refractivity contribution in [2.75, 3.05) is 33.4 Å². The highest BCUT2D eigenvalue weighted by molar-refractivity contribution is 7.25. The van der Waals surface area contributed by atoms with Gasteiger partial charge >= 0.3 is 5.69 Å². The zero-order valence-electron chi connectivity index (χ0n) is 19.4. The van der Waals surface area contributed by atoms with Gasteiger partial charge < -0.3 is 19.4 Å². The molecule has 6 rings (SSSR count). The van der Waals surface area contributed by atoms with Crippen LogP contribution in [0, 0.1) is 5.92 Å². The molecule has 2 aliphatic rings. The molecule has 1 fully saturated rings. The second kappa shape index (κ2) is 9.64. The van der Waals surface area contributed by atoms with Crippen molar-refractivity contribution in [3.05, 3.63) is 62.9 Å². The van der Waals surface area contributed by atoms with Gasteiger partial charge in [0.15, 0.2) is 0 Å². The van der Waals surface area contributed by atoms with Crippen molar-refractivity contribution in [2.24, 2.45) is 5.92 Å². The Kier molecular flexibility index (Phi) is 6.57. The van der Waals surface area contributed by atoms with Crippen LogP contribution in [-0.4, -0.2) is 52.8 Å². The van der Waals surface area contributed by atoms with Crippen LogP contribution in [0.3, 0.4) is 0 Å². The molecule has 0 amide bonds. The van der Waals surface area contributed by atoms with E-state index < -0.39 is 0 Å². The third-order valence-corrected chi connectivity index (χ3v) is 8.19. The van der Waals surface area contributed by atoms with E-state index in [1.807, 2.05) is 30.3 Å². The summed E-state index contributed by atoms with van der Waals surface area (Å²) < 4.78 is 14.4. The van der Waals surface area contributed by atoms with Crippen molar-refractivity contribution in [2.45, 2.75) is 25.3 Å². The van der Waals surface area contributed by atoms with Crippen molar-refractivity contribution in [3.63, 3.8) is 0 Å². The maximum Gasteiger partial charge on any atom is 0.328 e. The van der Waals surface area contributed by atoms with Gasteiger partial charge in [0.05, 0.1) is 23.9 Å². The van der Waals surface area contributed by atoms with Gasteiger partial charge in [-0.2, -0.15) is 0 Å². The predicted octanol–water partition coefficient (Wildman–Crippen LogP) is 3.62. The van der Waals surface area contributed by atoms with E-state index in [1.54, 1.807) is 13.3 Å². The molecule has 35 heavy (non-hydrogen) atoms. The van der Waals surface area contributed by atoms with Gasteiger partial charge in [-0.25, -0.2) is 4.79 Å². The number of nitrogens with zero attached hydrogens (tertiary/aromatic N) is 3. The number of fused-ring (bicyclic) bond motifs is 6. The molecule has 3 aromatic heterocycles. The summed E-state index contributed by atoms with van der Waals surface area (Å²) in [4.78, 5) is 35.3. The number of methoxy groups -OCH3 is 1. The number of H-pyrrole nitrogens is 1. The van der Waals surface area contributed by atoms with E-state index in [2.05, 4.69) is 14.9 Å². The number of halogens is 1. The van der Waals surface area contributed by atoms with E-state index >= 15 is 0 Å². The standard InChI is InChI=1S/C25H26N4O4S.ClH/c1-32-17-6-4-7-18-20(17)16-13-28(12-15(16)14-33-18)10-2-3-11-29-24(30)23-22(27-25(29)31)21-19(34-23)8-5-9-26-21;/h4-9,15-16H,2-3,10-14H2,1H3,(H,27,31);1H/t15-,16-;/m0./s1. The number of rotatable bonds is 6. The molecule has 2 atom stereocenters. The number of unbranched alkanes of at least 4 members (excludes halogenated alkanes) is 1. The topological polar surface area (TPSA) is 89.5 Å². The van der Waals surface area contributed by atoms with Crippen LogP contribution in [0.15, 0.2) is 46.1 Å². The van der Waals surface area contributed by atoms with Gasteiger partial charge in [-0.15, -0.1) is 23.7 Å². The van der Waals surface area contributed by atoms with Gasteiger partial charge in [-0.05, 0) is 43.7 Å². The number of nitrogens with one attached hydrogen (secondary N) is 1. The Morgan fingerprint density at radius 1 is 1.17 bits per heavy atom. The number of ether oxygens (including phenoxy) is 2. The summed E-state index contributed by atoms with van der Waals surface area (Å²) in [6, 6.07) is 9.76. The highest BCUT2D eigenvalue weighted by atomic mass is 35.5. The maximum absolute atomic E-state index is 13.0. The Labute approximate surface area is 211 Å². The maximum atomic E-state index is 13.0. The van der Waals surface area contributed by atoms with Gasteiger partial charge in [0.2, 0.25) is 0 Å². The van der Waals surface area contributed by atoms with Crippen LogP contribution in [0.1, 0.15) is 24.3 Å². The first-order valence-electron chi connectivity index (χ1n) is 11.7. The average Bonchev–Trinajstić information content (AvgIpc) is 3.44. The van der Waals surface area contributed by atoms with Gasteiger partial charge in [0.1, 0.15) is 21.7 Å². The number of benzene rings is 1. The Balaban J connectivity index is 0.00000253. The normalized spacial score (nSPS) is 19.2. The van der Waals surface area contributed by atoms with E-state index in [1.165, 1.54) is 21.5 Å². The zero-order valence-corrected chi connectivity index (χ0v) is 21.0. The molecular formula is C25H27ClN4O4S. The number of aromatic amines is 1. The molecule has 0 radical (unpaired) electrons. The zero-order chi connectivity index (χ0) is 23.2. The van der Waals surface area contributed by atoms with E-state index in [-0.39, 0.29) is 23.7 Å². The monoisotopic (exact) mass is 514 g/mol. The summed E-state index contributed by atoms with van der Waals surface area (Å²) in [5, 5.41) is 0. The Morgan fingerprint density at radius 3 is 2.89 bits per heavy atom. The molecule has 1 aromatic carbocycles. The smallest absolute Gasteiger partial charge is 0.328 e. The minimum atomic E-state index is -0.365. The molecule has 0 bridgehead atoms. The van der Waals surface area contributed by atoms with E-state index in [0.29, 0.717) is 34.1 Å². The van der Waals surface area contributed by atoms with E-state index in [4.69, 9.17) is 9.47 Å². The van der Waals surface area contributed by atoms with Crippen LogP contribution < -0.4 is 20.7 Å². The van der Waals surface area contributed by atoms with Crippen LogP contribution in [0.25, 0.3) is 20.4 Å². The molecule has 2 aliphatic heterocycles. The van der Waals surface area contributed by atoms with E-state index in [9.17, 15) is 9.59 Å². The highest BCUT2D eigenvalue weighted by Gasteiger charge is 2.40. The third-order valence-electron chi connectivity index (χ3n) is 7.06. The molecule has 184 valence electrons. The largest absolute Gasteiger partial charge is 0.496 e. The molecule has 8 nitrogen and oxygen atoms in total.